The summed E-state index contributed by atoms with van der Waals surface area (Å²) in [6.45, 7) is 2.22. The van der Waals surface area contributed by atoms with Crippen molar-refractivity contribution in [1.29, 1.82) is 0 Å². The van der Waals surface area contributed by atoms with Crippen LogP contribution in [0, 0.1) is 0 Å². The Hall–Kier alpha value is -2.10. The van der Waals surface area contributed by atoms with E-state index in [1.165, 1.54) is 32.1 Å². The highest BCUT2D eigenvalue weighted by Crippen LogP contribution is 2.26. The van der Waals surface area contributed by atoms with Crippen LogP contribution in [0.3, 0.4) is 0 Å². The highest BCUT2D eigenvalue weighted by molar-refractivity contribution is 5.31. The van der Waals surface area contributed by atoms with Crippen molar-refractivity contribution in [2.75, 3.05) is 0 Å². The quantitative estimate of drug-likeness (QED) is 0.671. The second-order valence-electron chi connectivity index (χ2n) is 5.42. The van der Waals surface area contributed by atoms with Gasteiger partial charge in [-0.2, -0.15) is 0 Å². The number of aromatic hydroxyl groups is 1. The van der Waals surface area contributed by atoms with Gasteiger partial charge >= 0.3 is 0 Å². The predicted molar refractivity (Wildman–Crippen MR) is 87.3 cm³/mol. The van der Waals surface area contributed by atoms with E-state index in [1.807, 2.05) is 30.3 Å². The minimum atomic E-state index is -0.146. The Morgan fingerprint density at radius 2 is 1.73 bits per heavy atom. The van der Waals surface area contributed by atoms with Crippen molar-refractivity contribution in [1.82, 2.24) is 9.97 Å². The van der Waals surface area contributed by atoms with Gasteiger partial charge in [-0.05, 0) is 25.0 Å². The van der Waals surface area contributed by atoms with Crippen LogP contribution in [-0.4, -0.2) is 15.1 Å². The molecule has 0 bridgehead atoms. The normalized spacial score (nSPS) is 10.6. The molecule has 0 radical (unpaired) electrons. The zero-order chi connectivity index (χ0) is 15.6. The predicted octanol–water partition coefficient (Wildman–Crippen LogP) is 4.88. The molecule has 4 heteroatoms. The van der Waals surface area contributed by atoms with E-state index in [2.05, 4.69) is 16.9 Å². The van der Waals surface area contributed by atoms with E-state index in [0.717, 1.165) is 18.5 Å². The van der Waals surface area contributed by atoms with Crippen LogP contribution in [0.15, 0.2) is 36.5 Å². The van der Waals surface area contributed by atoms with E-state index < -0.39 is 0 Å². The number of unbranched alkanes of at least 4 members (excludes halogenated alkanes) is 5. The van der Waals surface area contributed by atoms with Gasteiger partial charge in [-0.25, -0.2) is 9.97 Å². The Labute approximate surface area is 132 Å². The largest absolute Gasteiger partial charge is 0.489 e. The number of rotatable bonds is 9. The molecule has 0 saturated heterocycles. The van der Waals surface area contributed by atoms with Gasteiger partial charge in [0.25, 0.3) is 11.8 Å². The molecule has 1 aromatic carbocycles. The van der Waals surface area contributed by atoms with Crippen LogP contribution in [0.4, 0.5) is 0 Å². The molecule has 1 N–H and O–H groups in total. The van der Waals surface area contributed by atoms with Gasteiger partial charge in [0.1, 0.15) is 5.75 Å². The lowest BCUT2D eigenvalue weighted by Gasteiger charge is -2.07. The molecule has 4 nitrogen and oxygen atoms in total. The number of hydrogen-bond acceptors (Lipinski definition) is 4. The Kier molecular flexibility index (Phi) is 6.68. The average Bonchev–Trinajstić information content (AvgIpc) is 2.54. The van der Waals surface area contributed by atoms with Crippen molar-refractivity contribution >= 4 is 0 Å². The van der Waals surface area contributed by atoms with Crippen molar-refractivity contribution in [2.24, 2.45) is 0 Å². The maximum Gasteiger partial charge on any atom is 0.283 e. The van der Waals surface area contributed by atoms with Crippen molar-refractivity contribution in [3.8, 4) is 17.5 Å². The Morgan fingerprint density at radius 1 is 1.00 bits per heavy atom. The first-order valence-corrected chi connectivity index (χ1v) is 8.07. The fourth-order valence-electron chi connectivity index (χ4n) is 2.28. The van der Waals surface area contributed by atoms with Crippen molar-refractivity contribution in [3.63, 3.8) is 0 Å². The molecule has 0 spiro atoms. The van der Waals surface area contributed by atoms with Crippen molar-refractivity contribution < 1.29 is 9.84 Å². The third-order valence-electron chi connectivity index (χ3n) is 3.52. The average molecular weight is 300 g/mol. The molecule has 0 aliphatic carbocycles. The zero-order valence-corrected chi connectivity index (χ0v) is 13.2. The lowest BCUT2D eigenvalue weighted by atomic mass is 10.1. The molecule has 1 heterocycles. The highest BCUT2D eigenvalue weighted by Gasteiger charge is 2.08. The third kappa shape index (κ3) is 5.35. The van der Waals surface area contributed by atoms with E-state index in [9.17, 15) is 5.11 Å². The van der Waals surface area contributed by atoms with E-state index in [1.54, 1.807) is 6.20 Å². The third-order valence-corrected chi connectivity index (χ3v) is 3.52. The molecule has 22 heavy (non-hydrogen) atoms. The van der Waals surface area contributed by atoms with Crippen LogP contribution < -0.4 is 4.74 Å². The van der Waals surface area contributed by atoms with Crippen LogP contribution in [0.25, 0.3) is 0 Å². The van der Waals surface area contributed by atoms with E-state index in [-0.39, 0.29) is 11.8 Å². The van der Waals surface area contributed by atoms with Gasteiger partial charge in [0.2, 0.25) is 0 Å². The van der Waals surface area contributed by atoms with Crippen LogP contribution >= 0.6 is 0 Å². The van der Waals surface area contributed by atoms with Crippen molar-refractivity contribution in [3.05, 3.63) is 42.2 Å². The summed E-state index contributed by atoms with van der Waals surface area (Å²) in [4.78, 5) is 8.34. The molecular weight excluding hydrogens is 276 g/mol. The molecule has 0 unspecified atom stereocenters. The summed E-state index contributed by atoms with van der Waals surface area (Å²) in [5.41, 5.74) is 0.813. The fourth-order valence-corrected chi connectivity index (χ4v) is 2.28. The van der Waals surface area contributed by atoms with Crippen LogP contribution in [-0.2, 0) is 6.42 Å². The molecule has 0 aliphatic rings. The smallest absolute Gasteiger partial charge is 0.283 e. The van der Waals surface area contributed by atoms with E-state index in [0.29, 0.717) is 5.75 Å². The monoisotopic (exact) mass is 300 g/mol. The Bertz CT molecular complexity index is 558. The molecule has 1 aromatic heterocycles. The second kappa shape index (κ2) is 9.03. The summed E-state index contributed by atoms with van der Waals surface area (Å²) in [6.07, 6.45) is 9.96. The number of para-hydroxylation sites is 1. The molecule has 0 saturated carbocycles. The molecule has 0 amide bonds. The summed E-state index contributed by atoms with van der Waals surface area (Å²) in [5.74, 6) is 0.640. The maximum absolute atomic E-state index is 9.93. The second-order valence-corrected chi connectivity index (χ2v) is 5.42. The van der Waals surface area contributed by atoms with Gasteiger partial charge in [0, 0.05) is 0 Å². The molecule has 0 atom stereocenters. The lowest BCUT2D eigenvalue weighted by molar-refractivity contribution is 0.380. The van der Waals surface area contributed by atoms with Crippen LogP contribution in [0.2, 0.25) is 0 Å². The van der Waals surface area contributed by atoms with Gasteiger partial charge in [0.05, 0.1) is 11.9 Å². The molecule has 0 fully saturated rings. The summed E-state index contributed by atoms with van der Waals surface area (Å²) in [5, 5.41) is 9.93. The first-order valence-electron chi connectivity index (χ1n) is 8.07. The Balaban J connectivity index is 1.82. The molecule has 0 aliphatic heterocycles. The first-order chi connectivity index (χ1) is 10.8. The number of hydrogen-bond donors (Lipinski definition) is 1. The van der Waals surface area contributed by atoms with Gasteiger partial charge < -0.3 is 9.84 Å². The zero-order valence-electron chi connectivity index (χ0n) is 13.2. The minimum absolute atomic E-state index is 0.146. The number of aromatic nitrogens is 2. The number of ether oxygens (including phenoxy) is 1. The number of nitrogens with zero attached hydrogens (tertiary/aromatic N) is 2. The van der Waals surface area contributed by atoms with E-state index in [4.69, 9.17) is 4.74 Å². The SMILES string of the molecule is CCCCCCCCc1cnc(Oc2ccccc2)c(O)n1. The summed E-state index contributed by atoms with van der Waals surface area (Å²) >= 11 is 0. The molecule has 118 valence electrons. The van der Waals surface area contributed by atoms with E-state index >= 15 is 0 Å². The summed E-state index contributed by atoms with van der Waals surface area (Å²) in [6, 6.07) is 9.26. The minimum Gasteiger partial charge on any atom is -0.489 e. The van der Waals surface area contributed by atoms with Crippen LogP contribution in [0.1, 0.15) is 51.1 Å². The topological polar surface area (TPSA) is 55.2 Å². The fraction of sp³-hybridized carbons (Fsp3) is 0.444. The molecular formula is C18H24N2O2. The van der Waals surface area contributed by atoms with Gasteiger partial charge in [0.15, 0.2) is 0 Å². The lowest BCUT2D eigenvalue weighted by Crippen LogP contribution is -1.96. The summed E-state index contributed by atoms with van der Waals surface area (Å²) < 4.78 is 5.51. The standard InChI is InChI=1S/C18H24N2O2/c1-2-3-4-5-6-8-11-15-14-19-18(17(21)20-15)22-16-12-9-7-10-13-16/h7,9-10,12-14H,2-6,8,11H2,1H3,(H,20,21). The number of benzene rings is 1. The molecule has 2 aromatic rings. The molecule has 2 rings (SSSR count). The van der Waals surface area contributed by atoms with Gasteiger partial charge in [-0.3, -0.25) is 0 Å². The van der Waals surface area contributed by atoms with Crippen LogP contribution in [0.5, 0.6) is 17.5 Å². The number of aryl methyl sites for hydroxylation is 1. The Morgan fingerprint density at radius 3 is 2.45 bits per heavy atom. The highest BCUT2D eigenvalue weighted by atomic mass is 16.5. The van der Waals surface area contributed by atoms with Gasteiger partial charge in [-0.1, -0.05) is 57.2 Å². The summed E-state index contributed by atoms with van der Waals surface area (Å²) in [7, 11) is 0. The maximum atomic E-state index is 9.93. The van der Waals surface area contributed by atoms with Crippen molar-refractivity contribution in [2.45, 2.75) is 51.9 Å². The van der Waals surface area contributed by atoms with Gasteiger partial charge in [-0.15, -0.1) is 0 Å². The first kappa shape index (κ1) is 16.3.